The molecule has 3 saturated heterocycles. The summed E-state index contributed by atoms with van der Waals surface area (Å²) in [5.74, 6) is -0.418. The Kier molecular flexibility index (Phi) is 3.68. The highest BCUT2D eigenvalue weighted by Gasteiger charge is 2.66. The van der Waals surface area contributed by atoms with Crippen molar-refractivity contribution in [3.8, 4) is 0 Å². The quantitative estimate of drug-likeness (QED) is 0.639. The summed E-state index contributed by atoms with van der Waals surface area (Å²) in [6, 6.07) is 3.53. The number of pyridine rings is 1. The number of anilines is 1. The van der Waals surface area contributed by atoms with Crippen LogP contribution < -0.4 is 10.2 Å². The van der Waals surface area contributed by atoms with Gasteiger partial charge in [0.1, 0.15) is 17.1 Å². The van der Waals surface area contributed by atoms with Crippen LogP contribution in [0.4, 0.5) is 5.82 Å². The van der Waals surface area contributed by atoms with E-state index < -0.39 is 23.1 Å². The van der Waals surface area contributed by atoms with Gasteiger partial charge >= 0.3 is 0 Å². The Morgan fingerprint density at radius 2 is 2.03 bits per heavy atom. The molecule has 9 nitrogen and oxygen atoms in total. The highest BCUT2D eigenvalue weighted by Crippen LogP contribution is 2.52. The van der Waals surface area contributed by atoms with Gasteiger partial charge in [-0.25, -0.2) is 4.98 Å². The summed E-state index contributed by atoms with van der Waals surface area (Å²) in [5.41, 5.74) is -0.652. The van der Waals surface area contributed by atoms with E-state index in [1.165, 1.54) is 0 Å². The number of ether oxygens (including phenoxy) is 1. The molecule has 0 aliphatic carbocycles. The number of carbonyl (C=O) groups excluding carboxylic acids is 3. The fourth-order valence-corrected chi connectivity index (χ4v) is 6.15. The van der Waals surface area contributed by atoms with Gasteiger partial charge in [0.05, 0.1) is 30.0 Å². The molecule has 1 aromatic rings. The summed E-state index contributed by atoms with van der Waals surface area (Å²) in [5, 5.41) is 3.15. The molecule has 0 saturated carbocycles. The van der Waals surface area contributed by atoms with Crippen molar-refractivity contribution in [2.45, 2.75) is 30.2 Å². The first-order valence-corrected chi connectivity index (χ1v) is 10.8. The van der Waals surface area contributed by atoms with Crippen LogP contribution in [0.25, 0.3) is 0 Å². The van der Waals surface area contributed by atoms with E-state index >= 15 is 0 Å². The van der Waals surface area contributed by atoms with E-state index in [4.69, 9.17) is 4.74 Å². The van der Waals surface area contributed by atoms with Crippen LogP contribution in [-0.4, -0.2) is 83.6 Å². The number of likely N-dealkylation sites (tertiary alicyclic amines) is 2. The van der Waals surface area contributed by atoms with Gasteiger partial charge in [0.25, 0.3) is 5.91 Å². The predicted molar refractivity (Wildman–Crippen MR) is 110 cm³/mol. The van der Waals surface area contributed by atoms with Gasteiger partial charge in [-0.1, -0.05) is 12.2 Å². The second kappa shape index (κ2) is 6.06. The van der Waals surface area contributed by atoms with Gasteiger partial charge in [0.15, 0.2) is 0 Å². The minimum atomic E-state index is -0.652. The third kappa shape index (κ3) is 2.35. The van der Waals surface area contributed by atoms with Gasteiger partial charge in [-0.05, 0) is 12.1 Å². The van der Waals surface area contributed by atoms with Gasteiger partial charge in [0.2, 0.25) is 11.8 Å². The molecule has 0 aromatic carbocycles. The lowest BCUT2D eigenvalue weighted by Gasteiger charge is -2.51. The number of aromatic nitrogens is 1. The van der Waals surface area contributed by atoms with E-state index in [0.717, 1.165) is 0 Å². The lowest BCUT2D eigenvalue weighted by molar-refractivity contribution is -0.144. The number of hydrogen-bond acceptors (Lipinski definition) is 6. The Morgan fingerprint density at radius 1 is 1.26 bits per heavy atom. The maximum Gasteiger partial charge on any atom is 0.256 e. The molecule has 3 fully saturated rings. The van der Waals surface area contributed by atoms with Crippen molar-refractivity contribution in [3.63, 3.8) is 0 Å². The summed E-state index contributed by atoms with van der Waals surface area (Å²) < 4.78 is 6.13. The minimum Gasteiger partial charge on any atom is -0.360 e. The summed E-state index contributed by atoms with van der Waals surface area (Å²) >= 11 is 0. The molecule has 0 radical (unpaired) electrons. The molecule has 5 aliphatic heterocycles. The maximum absolute atomic E-state index is 13.5. The number of likely N-dealkylation sites (N-methyl/N-ethyl adjacent to an activating group) is 1. The Labute approximate surface area is 180 Å². The number of rotatable bonds is 1. The van der Waals surface area contributed by atoms with Crippen molar-refractivity contribution in [1.82, 2.24) is 20.1 Å². The van der Waals surface area contributed by atoms with Gasteiger partial charge in [-0.3, -0.25) is 14.4 Å². The van der Waals surface area contributed by atoms with Crippen LogP contribution in [0.1, 0.15) is 23.2 Å². The zero-order chi connectivity index (χ0) is 21.5. The van der Waals surface area contributed by atoms with Gasteiger partial charge in [0, 0.05) is 46.2 Å². The molecule has 1 N–H and O–H groups in total. The Bertz CT molecular complexity index is 1030. The predicted octanol–water partition coefficient (Wildman–Crippen LogP) is -0.00830. The highest BCUT2D eigenvalue weighted by molar-refractivity contribution is 6.01. The van der Waals surface area contributed by atoms with Crippen LogP contribution in [0.3, 0.4) is 0 Å². The number of piperidine rings is 1. The third-order valence-corrected chi connectivity index (χ3v) is 7.81. The number of fused-ring (bicyclic) bond motifs is 2. The lowest BCUT2D eigenvalue weighted by atomic mass is 9.76. The van der Waals surface area contributed by atoms with E-state index in [2.05, 4.69) is 10.3 Å². The molecule has 0 unspecified atom stereocenters. The van der Waals surface area contributed by atoms with Crippen LogP contribution in [0.15, 0.2) is 30.5 Å². The standard InChI is InChI=1S/C22H25N5O4/c1-25-12-21-6-5-14(31-21)15(16(21)20(25)30)19(29)27-10-7-22(8-11-27)24-18(28)13-4-3-9-23-17(13)26(22)2/h3-6,9,14-16H,7-8,10-12H2,1-2H3,(H,24,28)/t14-,15-,16-,21-/m1/s1. The largest absolute Gasteiger partial charge is 0.360 e. The third-order valence-electron chi connectivity index (χ3n) is 7.81. The van der Waals surface area contributed by atoms with Crippen molar-refractivity contribution >= 4 is 23.5 Å². The fourth-order valence-electron chi connectivity index (χ4n) is 6.15. The van der Waals surface area contributed by atoms with Crippen molar-refractivity contribution in [3.05, 3.63) is 36.0 Å². The second-order valence-electron chi connectivity index (χ2n) is 9.34. The molecule has 5 aliphatic rings. The molecule has 9 heteroatoms. The van der Waals surface area contributed by atoms with Crippen molar-refractivity contribution in [2.75, 3.05) is 38.6 Å². The van der Waals surface area contributed by atoms with Crippen LogP contribution in [0.5, 0.6) is 0 Å². The Balaban J connectivity index is 1.22. The number of hydrogen-bond donors (Lipinski definition) is 1. The molecule has 2 bridgehead atoms. The molecule has 1 aromatic heterocycles. The minimum absolute atomic E-state index is 0.0133. The molecular formula is C22H25N5O4. The normalized spacial score (nSPS) is 34.9. The average Bonchev–Trinajstić information content (AvgIpc) is 3.40. The summed E-state index contributed by atoms with van der Waals surface area (Å²) in [6.07, 6.45) is 6.45. The van der Waals surface area contributed by atoms with Crippen molar-refractivity contribution in [1.29, 1.82) is 0 Å². The van der Waals surface area contributed by atoms with E-state index in [1.807, 2.05) is 29.0 Å². The zero-order valence-electron chi connectivity index (χ0n) is 17.6. The maximum atomic E-state index is 13.5. The topological polar surface area (TPSA) is 95.1 Å². The first-order chi connectivity index (χ1) is 14.9. The summed E-state index contributed by atoms with van der Waals surface area (Å²) in [7, 11) is 3.70. The van der Waals surface area contributed by atoms with E-state index in [1.54, 1.807) is 30.3 Å². The summed E-state index contributed by atoms with van der Waals surface area (Å²) in [6.45, 7) is 1.50. The molecule has 31 heavy (non-hydrogen) atoms. The molecule has 6 rings (SSSR count). The highest BCUT2D eigenvalue weighted by atomic mass is 16.5. The average molecular weight is 423 g/mol. The first-order valence-electron chi connectivity index (χ1n) is 10.8. The molecule has 2 spiro atoms. The van der Waals surface area contributed by atoms with Gasteiger partial charge in [-0.15, -0.1) is 0 Å². The number of amides is 3. The zero-order valence-corrected chi connectivity index (χ0v) is 17.6. The fraction of sp³-hybridized carbons (Fsp3) is 0.545. The van der Waals surface area contributed by atoms with Gasteiger partial charge < -0.3 is 24.8 Å². The smallest absolute Gasteiger partial charge is 0.256 e. The number of nitrogens with zero attached hydrogens (tertiary/aromatic N) is 4. The molecule has 4 atom stereocenters. The first kappa shape index (κ1) is 18.8. The molecule has 3 amide bonds. The SMILES string of the molecule is CN1C[C@@]23C=C[C@@H](O2)[C@@H](C(=O)N2CCC4(CC2)NC(=O)c2cccnc2N4C)[C@@H]3C1=O. The van der Waals surface area contributed by atoms with Crippen LogP contribution >= 0.6 is 0 Å². The molecular weight excluding hydrogens is 398 g/mol. The van der Waals surface area contributed by atoms with Crippen LogP contribution in [0.2, 0.25) is 0 Å². The number of carbonyl (C=O) groups is 3. The van der Waals surface area contributed by atoms with Crippen LogP contribution in [0, 0.1) is 11.8 Å². The van der Waals surface area contributed by atoms with Crippen LogP contribution in [-0.2, 0) is 14.3 Å². The van der Waals surface area contributed by atoms with E-state index in [0.29, 0.717) is 43.9 Å². The second-order valence-corrected chi connectivity index (χ2v) is 9.34. The molecule has 162 valence electrons. The van der Waals surface area contributed by atoms with Crippen molar-refractivity contribution < 1.29 is 19.1 Å². The molecule has 6 heterocycles. The Hall–Kier alpha value is -2.94. The number of nitrogens with one attached hydrogen (secondary N) is 1. The van der Waals surface area contributed by atoms with Crippen molar-refractivity contribution in [2.24, 2.45) is 11.8 Å². The lowest BCUT2D eigenvalue weighted by Crippen LogP contribution is -2.67. The summed E-state index contributed by atoms with van der Waals surface area (Å²) in [4.78, 5) is 48.9. The monoisotopic (exact) mass is 423 g/mol. The van der Waals surface area contributed by atoms with E-state index in [9.17, 15) is 14.4 Å². The van der Waals surface area contributed by atoms with E-state index in [-0.39, 0.29) is 23.8 Å². The Morgan fingerprint density at radius 3 is 2.81 bits per heavy atom. The van der Waals surface area contributed by atoms with Gasteiger partial charge in [-0.2, -0.15) is 0 Å².